The van der Waals surface area contributed by atoms with Crippen LogP contribution in [0.5, 0.6) is 0 Å². The second kappa shape index (κ2) is 6.02. The van der Waals surface area contributed by atoms with Gasteiger partial charge in [-0.3, -0.25) is 4.98 Å². The van der Waals surface area contributed by atoms with Gasteiger partial charge < -0.3 is 10.2 Å². The van der Waals surface area contributed by atoms with Crippen LogP contribution in [0.2, 0.25) is 0 Å². The van der Waals surface area contributed by atoms with E-state index in [1.54, 1.807) is 0 Å². The van der Waals surface area contributed by atoms with E-state index >= 15 is 0 Å². The van der Waals surface area contributed by atoms with E-state index in [0.717, 1.165) is 30.3 Å². The van der Waals surface area contributed by atoms with Crippen molar-refractivity contribution >= 4 is 16.6 Å². The normalized spacial score (nSPS) is 14.9. The molecule has 112 valence electrons. The van der Waals surface area contributed by atoms with Gasteiger partial charge in [0.15, 0.2) is 0 Å². The molecule has 0 saturated heterocycles. The highest BCUT2D eigenvalue weighted by molar-refractivity contribution is 5.92. The second-order valence-electron chi connectivity index (χ2n) is 6.46. The van der Waals surface area contributed by atoms with Gasteiger partial charge >= 0.3 is 0 Å². The molecule has 3 heteroatoms. The highest BCUT2D eigenvalue weighted by Gasteiger charge is 2.30. The Bertz CT molecular complexity index is 617. The maximum absolute atomic E-state index is 4.78. The fourth-order valence-corrected chi connectivity index (χ4v) is 2.94. The van der Waals surface area contributed by atoms with Crippen LogP contribution in [0.4, 0.5) is 5.69 Å². The maximum Gasteiger partial charge on any atom is 0.0726 e. The van der Waals surface area contributed by atoms with Crippen molar-refractivity contribution in [3.8, 4) is 0 Å². The summed E-state index contributed by atoms with van der Waals surface area (Å²) in [7, 11) is 1.98. The molecule has 0 atom stereocenters. The first kappa shape index (κ1) is 14.3. The van der Waals surface area contributed by atoms with Gasteiger partial charge in [0.1, 0.15) is 0 Å². The smallest absolute Gasteiger partial charge is 0.0726 e. The first-order chi connectivity index (χ1) is 10.2. The second-order valence-corrected chi connectivity index (χ2v) is 6.46. The number of hydrogen-bond acceptors (Lipinski definition) is 3. The summed E-state index contributed by atoms with van der Waals surface area (Å²) in [4.78, 5) is 7.38. The van der Waals surface area contributed by atoms with Crippen molar-refractivity contribution in [3.05, 3.63) is 36.0 Å². The fraction of sp³-hybridized carbons (Fsp3) is 0.500. The SMILES string of the molecule is CNCc1cc(N(CC(C)C)C2CC2)c2ccccc2n1. The predicted molar refractivity (Wildman–Crippen MR) is 89.7 cm³/mol. The third kappa shape index (κ3) is 3.18. The molecule has 1 aliphatic rings. The summed E-state index contributed by atoms with van der Waals surface area (Å²) in [6.07, 6.45) is 2.65. The number of benzene rings is 1. The van der Waals surface area contributed by atoms with Crippen LogP contribution in [0.15, 0.2) is 30.3 Å². The number of hydrogen-bond donors (Lipinski definition) is 1. The predicted octanol–water partition coefficient (Wildman–Crippen LogP) is 3.58. The summed E-state index contributed by atoms with van der Waals surface area (Å²) < 4.78 is 0. The van der Waals surface area contributed by atoms with Crippen LogP contribution in [0, 0.1) is 5.92 Å². The Morgan fingerprint density at radius 2 is 2.05 bits per heavy atom. The summed E-state index contributed by atoms with van der Waals surface area (Å²) in [5, 5.41) is 4.50. The third-order valence-corrected chi connectivity index (χ3v) is 3.96. The van der Waals surface area contributed by atoms with E-state index in [4.69, 9.17) is 4.98 Å². The lowest BCUT2D eigenvalue weighted by Crippen LogP contribution is -2.30. The van der Waals surface area contributed by atoms with Crippen molar-refractivity contribution in [1.82, 2.24) is 10.3 Å². The van der Waals surface area contributed by atoms with Gasteiger partial charge in [-0.25, -0.2) is 0 Å². The molecule has 0 amide bonds. The molecule has 1 saturated carbocycles. The Hall–Kier alpha value is -1.61. The van der Waals surface area contributed by atoms with Crippen LogP contribution >= 0.6 is 0 Å². The molecule has 21 heavy (non-hydrogen) atoms. The van der Waals surface area contributed by atoms with Crippen LogP contribution in [0.3, 0.4) is 0 Å². The highest BCUT2D eigenvalue weighted by Crippen LogP contribution is 2.36. The summed E-state index contributed by atoms with van der Waals surface area (Å²) in [6.45, 7) is 6.54. The number of nitrogens with one attached hydrogen (secondary N) is 1. The molecule has 1 aliphatic carbocycles. The Labute approximate surface area is 127 Å². The molecule has 3 nitrogen and oxygen atoms in total. The molecule has 1 N–H and O–H groups in total. The lowest BCUT2D eigenvalue weighted by molar-refractivity contribution is 0.608. The minimum atomic E-state index is 0.672. The molecular formula is C18H25N3. The molecule has 3 rings (SSSR count). The number of aromatic nitrogens is 1. The molecule has 1 aromatic carbocycles. The minimum Gasteiger partial charge on any atom is -0.368 e. The topological polar surface area (TPSA) is 28.2 Å². The summed E-state index contributed by atoms with van der Waals surface area (Å²) in [5.74, 6) is 0.672. The van der Waals surface area contributed by atoms with Gasteiger partial charge in [0, 0.05) is 30.2 Å². The van der Waals surface area contributed by atoms with Gasteiger partial charge in [-0.1, -0.05) is 32.0 Å². The first-order valence-corrected chi connectivity index (χ1v) is 7.99. The zero-order valence-corrected chi connectivity index (χ0v) is 13.3. The maximum atomic E-state index is 4.78. The lowest BCUT2D eigenvalue weighted by Gasteiger charge is -2.28. The van der Waals surface area contributed by atoms with Gasteiger partial charge in [0.25, 0.3) is 0 Å². The van der Waals surface area contributed by atoms with Crippen LogP contribution in [-0.4, -0.2) is 24.6 Å². The number of rotatable bonds is 6. The molecule has 0 unspecified atom stereocenters. The van der Waals surface area contributed by atoms with Crippen LogP contribution in [0.1, 0.15) is 32.4 Å². The van der Waals surface area contributed by atoms with E-state index < -0.39 is 0 Å². The van der Waals surface area contributed by atoms with Crippen LogP contribution < -0.4 is 10.2 Å². The van der Waals surface area contributed by atoms with Crippen molar-refractivity contribution in [2.75, 3.05) is 18.5 Å². The van der Waals surface area contributed by atoms with E-state index in [0.29, 0.717) is 5.92 Å². The zero-order chi connectivity index (χ0) is 14.8. The molecule has 0 spiro atoms. The number of nitrogens with zero attached hydrogens (tertiary/aromatic N) is 2. The van der Waals surface area contributed by atoms with Crippen LogP contribution in [0.25, 0.3) is 10.9 Å². The summed E-state index contributed by atoms with van der Waals surface area (Å²) >= 11 is 0. The van der Waals surface area contributed by atoms with E-state index in [1.807, 2.05) is 7.05 Å². The van der Waals surface area contributed by atoms with Crippen LogP contribution in [-0.2, 0) is 6.54 Å². The van der Waals surface area contributed by atoms with E-state index in [1.165, 1.54) is 23.9 Å². The van der Waals surface area contributed by atoms with Gasteiger partial charge in [-0.15, -0.1) is 0 Å². The standard InChI is InChI=1S/C18H25N3/c1-13(2)12-21(15-8-9-15)18-10-14(11-19-3)20-17-7-5-4-6-16(17)18/h4-7,10,13,15,19H,8-9,11-12H2,1-3H3. The van der Waals surface area contributed by atoms with E-state index in [-0.39, 0.29) is 0 Å². The number of para-hydroxylation sites is 1. The molecule has 0 bridgehead atoms. The number of anilines is 1. The quantitative estimate of drug-likeness (QED) is 0.878. The van der Waals surface area contributed by atoms with Gasteiger partial charge in [0.05, 0.1) is 11.2 Å². The molecule has 1 heterocycles. The average Bonchev–Trinajstić information content (AvgIpc) is 3.29. The Morgan fingerprint density at radius 3 is 2.71 bits per heavy atom. The molecule has 0 aliphatic heterocycles. The largest absolute Gasteiger partial charge is 0.368 e. The lowest BCUT2D eigenvalue weighted by atomic mass is 10.1. The number of fused-ring (bicyclic) bond motifs is 1. The first-order valence-electron chi connectivity index (χ1n) is 7.99. The van der Waals surface area contributed by atoms with E-state index in [2.05, 4.69) is 54.4 Å². The molecule has 0 radical (unpaired) electrons. The van der Waals surface area contributed by atoms with Gasteiger partial charge in [0.2, 0.25) is 0 Å². The van der Waals surface area contributed by atoms with Gasteiger partial charge in [-0.2, -0.15) is 0 Å². The Kier molecular flexibility index (Phi) is 4.11. The van der Waals surface area contributed by atoms with E-state index in [9.17, 15) is 0 Å². The van der Waals surface area contributed by atoms with Gasteiger partial charge in [-0.05, 0) is 37.9 Å². The summed E-state index contributed by atoms with van der Waals surface area (Å²) in [5.41, 5.74) is 3.59. The number of pyridine rings is 1. The van der Waals surface area contributed by atoms with Crippen molar-refractivity contribution in [2.45, 2.75) is 39.3 Å². The molecule has 2 aromatic rings. The minimum absolute atomic E-state index is 0.672. The van der Waals surface area contributed by atoms with Crippen molar-refractivity contribution < 1.29 is 0 Å². The molecule has 1 aromatic heterocycles. The van der Waals surface area contributed by atoms with Crippen molar-refractivity contribution in [3.63, 3.8) is 0 Å². The highest BCUT2D eigenvalue weighted by atomic mass is 15.2. The van der Waals surface area contributed by atoms with Crippen molar-refractivity contribution in [1.29, 1.82) is 0 Å². The fourth-order valence-electron chi connectivity index (χ4n) is 2.94. The Morgan fingerprint density at radius 1 is 1.29 bits per heavy atom. The Balaban J connectivity index is 2.09. The molecule has 1 fully saturated rings. The monoisotopic (exact) mass is 283 g/mol. The van der Waals surface area contributed by atoms with Crippen molar-refractivity contribution in [2.24, 2.45) is 5.92 Å². The third-order valence-electron chi connectivity index (χ3n) is 3.96. The zero-order valence-electron chi connectivity index (χ0n) is 13.3. The summed E-state index contributed by atoms with van der Waals surface area (Å²) in [6, 6.07) is 11.5. The molecular weight excluding hydrogens is 258 g/mol. The average molecular weight is 283 g/mol.